The Morgan fingerprint density at radius 3 is 2.71 bits per heavy atom. The van der Waals surface area contributed by atoms with E-state index in [1.807, 2.05) is 25.2 Å². The Bertz CT molecular complexity index is 948. The molecule has 0 aliphatic carbocycles. The molecule has 2 aromatic carbocycles. The van der Waals surface area contributed by atoms with Gasteiger partial charge < -0.3 is 14.0 Å². The minimum atomic E-state index is -0.365. The van der Waals surface area contributed by atoms with Gasteiger partial charge in [0.15, 0.2) is 11.4 Å². The lowest BCUT2D eigenvalue weighted by Crippen LogP contribution is -2.17. The van der Waals surface area contributed by atoms with E-state index < -0.39 is 0 Å². The van der Waals surface area contributed by atoms with Crippen LogP contribution in [0.1, 0.15) is 0 Å². The lowest BCUT2D eigenvalue weighted by atomic mass is 10.3. The van der Waals surface area contributed by atoms with Gasteiger partial charge in [0.05, 0.1) is 16.8 Å². The van der Waals surface area contributed by atoms with Crippen LogP contribution in [0.4, 0.5) is 0 Å². The molecule has 0 radical (unpaired) electrons. The molecule has 0 aliphatic heterocycles. The maximum Gasteiger partial charge on any atom is 0.286 e. The van der Waals surface area contributed by atoms with Gasteiger partial charge in [-0.1, -0.05) is 41.1 Å². The van der Waals surface area contributed by atoms with Crippen molar-refractivity contribution in [2.75, 3.05) is 13.7 Å². The lowest BCUT2D eigenvalue weighted by Gasteiger charge is -2.04. The normalized spacial score (nSPS) is 11.7. The van der Waals surface area contributed by atoms with E-state index in [1.165, 1.54) is 11.3 Å². The predicted octanol–water partition coefficient (Wildman–Crippen LogP) is 3.41. The van der Waals surface area contributed by atoms with Gasteiger partial charge in [0.1, 0.15) is 17.0 Å². The molecule has 0 fully saturated rings. The van der Waals surface area contributed by atoms with Crippen molar-refractivity contribution in [2.24, 2.45) is 12.0 Å². The van der Waals surface area contributed by atoms with Gasteiger partial charge in [-0.2, -0.15) is 4.99 Å². The first kappa shape index (κ1) is 16.5. The third kappa shape index (κ3) is 3.29. The number of rotatable bonds is 4. The third-order valence-electron chi connectivity index (χ3n) is 3.41. The van der Waals surface area contributed by atoms with Gasteiger partial charge in [0.2, 0.25) is 0 Å². The molecule has 5 nitrogen and oxygen atoms in total. The number of nitrogens with zero attached hydrogens (tertiary/aromatic N) is 2. The van der Waals surface area contributed by atoms with Crippen LogP contribution in [0.2, 0.25) is 5.02 Å². The molecule has 0 saturated heterocycles. The number of aryl methyl sites for hydroxylation is 1. The zero-order valence-electron chi connectivity index (χ0n) is 13.2. The van der Waals surface area contributed by atoms with Crippen LogP contribution >= 0.6 is 22.9 Å². The topological polar surface area (TPSA) is 52.8 Å². The van der Waals surface area contributed by atoms with Crippen molar-refractivity contribution in [1.29, 1.82) is 0 Å². The quantitative estimate of drug-likeness (QED) is 0.714. The highest BCUT2D eigenvalue weighted by Crippen LogP contribution is 2.32. The van der Waals surface area contributed by atoms with Crippen molar-refractivity contribution >= 4 is 39.1 Å². The Morgan fingerprint density at radius 2 is 2.00 bits per heavy atom. The van der Waals surface area contributed by atoms with Gasteiger partial charge in [0, 0.05) is 7.05 Å². The number of hydrogen-bond acceptors (Lipinski definition) is 4. The first-order valence-electron chi connectivity index (χ1n) is 7.17. The Morgan fingerprint density at radius 1 is 1.25 bits per heavy atom. The molecule has 1 aromatic heterocycles. The molecule has 0 aliphatic rings. The summed E-state index contributed by atoms with van der Waals surface area (Å²) in [6.07, 6.45) is 0. The molecule has 3 rings (SSSR count). The highest BCUT2D eigenvalue weighted by molar-refractivity contribution is 7.17. The first-order chi connectivity index (χ1) is 11.6. The molecule has 24 heavy (non-hydrogen) atoms. The van der Waals surface area contributed by atoms with E-state index in [0.717, 1.165) is 10.2 Å². The van der Waals surface area contributed by atoms with Crippen LogP contribution in [0.25, 0.3) is 10.2 Å². The Balaban J connectivity index is 1.91. The maximum absolute atomic E-state index is 12.1. The lowest BCUT2D eigenvalue weighted by molar-refractivity contribution is -0.120. The van der Waals surface area contributed by atoms with Crippen molar-refractivity contribution in [3.05, 3.63) is 52.3 Å². The maximum atomic E-state index is 12.1. The SMILES string of the molecule is COc1ccc(Cl)c2sc(=NC(=O)COc3ccccc3)n(C)c12. The zero-order chi connectivity index (χ0) is 17.1. The van der Waals surface area contributed by atoms with Crippen molar-refractivity contribution in [3.63, 3.8) is 0 Å². The first-order valence-corrected chi connectivity index (χ1v) is 8.37. The summed E-state index contributed by atoms with van der Waals surface area (Å²) in [5.41, 5.74) is 0.811. The molecule has 3 aromatic rings. The van der Waals surface area contributed by atoms with E-state index in [9.17, 15) is 4.79 Å². The second-order valence-electron chi connectivity index (χ2n) is 4.98. The number of amides is 1. The Kier molecular flexibility index (Phi) is 4.87. The number of carbonyl (C=O) groups is 1. The molecule has 124 valence electrons. The standard InChI is InChI=1S/C17H15ClN2O3S/c1-20-15-13(22-2)9-8-12(18)16(15)24-17(20)19-14(21)10-23-11-6-4-3-5-7-11/h3-9H,10H2,1-2H3. The number of ether oxygens (including phenoxy) is 2. The van der Waals surface area contributed by atoms with Crippen LogP contribution in [0, 0.1) is 0 Å². The second-order valence-corrected chi connectivity index (χ2v) is 6.36. The summed E-state index contributed by atoms with van der Waals surface area (Å²) in [6, 6.07) is 12.7. The number of fused-ring (bicyclic) bond motifs is 1. The van der Waals surface area contributed by atoms with Gasteiger partial charge in [-0.3, -0.25) is 4.79 Å². The van der Waals surface area contributed by atoms with E-state index >= 15 is 0 Å². The molecule has 0 bridgehead atoms. The number of thiazole rings is 1. The van der Waals surface area contributed by atoms with E-state index in [2.05, 4.69) is 4.99 Å². The summed E-state index contributed by atoms with van der Waals surface area (Å²) in [7, 11) is 3.41. The largest absolute Gasteiger partial charge is 0.495 e. The number of benzene rings is 2. The molecule has 0 atom stereocenters. The van der Waals surface area contributed by atoms with E-state index in [4.69, 9.17) is 21.1 Å². The number of halogens is 1. The third-order valence-corrected chi connectivity index (χ3v) is 5.00. The predicted molar refractivity (Wildman–Crippen MR) is 94.9 cm³/mol. The highest BCUT2D eigenvalue weighted by atomic mass is 35.5. The Hall–Kier alpha value is -2.31. The molecule has 0 N–H and O–H groups in total. The molecule has 0 spiro atoms. The van der Waals surface area contributed by atoms with Gasteiger partial charge >= 0.3 is 0 Å². The molecular weight excluding hydrogens is 348 g/mol. The number of methoxy groups -OCH3 is 1. The zero-order valence-corrected chi connectivity index (χ0v) is 14.7. The van der Waals surface area contributed by atoms with Crippen LogP contribution in [0.5, 0.6) is 11.5 Å². The fourth-order valence-corrected chi connectivity index (χ4v) is 3.59. The fraction of sp³-hybridized carbons (Fsp3) is 0.176. The van der Waals surface area contributed by atoms with Gasteiger partial charge in [-0.15, -0.1) is 0 Å². The number of carbonyl (C=O) groups excluding carboxylic acids is 1. The summed E-state index contributed by atoms with van der Waals surface area (Å²) in [5.74, 6) is 0.949. The number of hydrogen-bond donors (Lipinski definition) is 0. The smallest absolute Gasteiger partial charge is 0.286 e. The summed E-state index contributed by atoms with van der Waals surface area (Å²) in [5, 5.41) is 0.598. The van der Waals surface area contributed by atoms with Crippen molar-refractivity contribution in [1.82, 2.24) is 4.57 Å². The van der Waals surface area contributed by atoms with Gasteiger partial charge in [-0.05, 0) is 24.3 Å². The summed E-state index contributed by atoms with van der Waals surface area (Å²) in [6.45, 7) is -0.122. The monoisotopic (exact) mass is 362 g/mol. The average molecular weight is 363 g/mol. The molecule has 0 saturated carbocycles. The van der Waals surface area contributed by atoms with Gasteiger partial charge in [0.25, 0.3) is 5.91 Å². The van der Waals surface area contributed by atoms with Crippen LogP contribution in [-0.2, 0) is 11.8 Å². The number of aromatic nitrogens is 1. The average Bonchev–Trinajstić information content (AvgIpc) is 2.92. The van der Waals surface area contributed by atoms with E-state index in [0.29, 0.717) is 21.3 Å². The summed E-state index contributed by atoms with van der Waals surface area (Å²) < 4.78 is 13.4. The summed E-state index contributed by atoms with van der Waals surface area (Å²) >= 11 is 7.58. The van der Waals surface area contributed by atoms with E-state index in [1.54, 1.807) is 35.9 Å². The van der Waals surface area contributed by atoms with Crippen molar-refractivity contribution in [2.45, 2.75) is 0 Å². The van der Waals surface area contributed by atoms with E-state index in [-0.39, 0.29) is 12.5 Å². The fourth-order valence-electron chi connectivity index (χ4n) is 2.26. The van der Waals surface area contributed by atoms with Crippen LogP contribution in [0.3, 0.4) is 0 Å². The molecule has 1 amide bonds. The minimum absolute atomic E-state index is 0.122. The van der Waals surface area contributed by atoms with Crippen LogP contribution < -0.4 is 14.3 Å². The number of para-hydroxylation sites is 1. The second kappa shape index (κ2) is 7.07. The summed E-state index contributed by atoms with van der Waals surface area (Å²) in [4.78, 5) is 16.8. The van der Waals surface area contributed by atoms with Crippen molar-refractivity contribution in [3.8, 4) is 11.5 Å². The molecule has 7 heteroatoms. The highest BCUT2D eigenvalue weighted by Gasteiger charge is 2.13. The molecule has 0 unspecified atom stereocenters. The van der Waals surface area contributed by atoms with Crippen LogP contribution in [0.15, 0.2) is 47.5 Å². The minimum Gasteiger partial charge on any atom is -0.495 e. The van der Waals surface area contributed by atoms with Gasteiger partial charge in [-0.25, -0.2) is 0 Å². The Labute approximate surface area is 147 Å². The molecular formula is C17H15ClN2O3S. The molecule has 1 heterocycles. The van der Waals surface area contributed by atoms with Crippen LogP contribution in [-0.4, -0.2) is 24.2 Å². The van der Waals surface area contributed by atoms with Crippen molar-refractivity contribution < 1.29 is 14.3 Å².